The van der Waals surface area contributed by atoms with E-state index in [4.69, 9.17) is 14.2 Å². The maximum absolute atomic E-state index is 12.9. The van der Waals surface area contributed by atoms with Gasteiger partial charge in [0.15, 0.2) is 6.10 Å². The average Bonchev–Trinajstić information content (AvgIpc) is 3.49. The molecule has 0 spiro atoms. The molecule has 0 aromatic rings. The van der Waals surface area contributed by atoms with Crippen LogP contribution in [0, 0.1) is 0 Å². The lowest BCUT2D eigenvalue weighted by molar-refractivity contribution is -0.167. The molecule has 0 rings (SSSR count). The second kappa shape index (κ2) is 71.8. The van der Waals surface area contributed by atoms with Gasteiger partial charge in [-0.3, -0.25) is 14.4 Å². The highest BCUT2D eigenvalue weighted by Crippen LogP contribution is 2.19. The van der Waals surface area contributed by atoms with E-state index >= 15 is 0 Å². The minimum Gasteiger partial charge on any atom is -0.462 e. The van der Waals surface area contributed by atoms with E-state index in [0.717, 1.165) is 77.0 Å². The predicted molar refractivity (Wildman–Crippen MR) is 362 cm³/mol. The molecule has 1 atom stereocenters. The van der Waals surface area contributed by atoms with Crippen molar-refractivity contribution >= 4 is 17.9 Å². The molecule has 0 bridgehead atoms. The highest BCUT2D eigenvalue weighted by molar-refractivity contribution is 5.71. The van der Waals surface area contributed by atoms with Gasteiger partial charge in [0.25, 0.3) is 0 Å². The highest BCUT2D eigenvalue weighted by atomic mass is 16.6. The van der Waals surface area contributed by atoms with E-state index in [9.17, 15) is 14.4 Å². The van der Waals surface area contributed by atoms with E-state index in [2.05, 4.69) is 69.4 Å². The SMILES string of the molecule is CCCCC/C=C\C/C=C\CCCCCCCCCC(=O)OC(COC(=O)CCCCCCCCCCCCCCC)COC(=O)CCCCCCCCCCCCCCCCCCCCCCCCC/C=C\C/C=C\CCCCCCC. The van der Waals surface area contributed by atoms with Gasteiger partial charge in [0.05, 0.1) is 0 Å². The van der Waals surface area contributed by atoms with Crippen LogP contribution in [0.5, 0.6) is 0 Å². The fraction of sp³-hybridized carbons (Fsp3) is 0.857. The Balaban J connectivity index is 4.08. The zero-order valence-electron chi connectivity index (χ0n) is 56.0. The molecular weight excluding hydrogens is 1020 g/mol. The van der Waals surface area contributed by atoms with Crippen LogP contribution < -0.4 is 0 Å². The summed E-state index contributed by atoms with van der Waals surface area (Å²) in [5, 5.41) is 0. The lowest BCUT2D eigenvalue weighted by Crippen LogP contribution is -2.30. The molecule has 0 fully saturated rings. The zero-order valence-corrected chi connectivity index (χ0v) is 56.0. The van der Waals surface area contributed by atoms with Gasteiger partial charge in [0.2, 0.25) is 0 Å². The van der Waals surface area contributed by atoms with Crippen LogP contribution in [0.25, 0.3) is 0 Å². The number of hydrogen-bond donors (Lipinski definition) is 0. The van der Waals surface area contributed by atoms with Crippen molar-refractivity contribution in [2.24, 2.45) is 0 Å². The summed E-state index contributed by atoms with van der Waals surface area (Å²) in [6, 6.07) is 0. The van der Waals surface area contributed by atoms with Crippen LogP contribution in [-0.4, -0.2) is 37.2 Å². The molecule has 0 N–H and O–H groups in total. The normalized spacial score (nSPS) is 12.3. The number of allylic oxidation sites excluding steroid dienone is 8. The number of carbonyl (C=O) groups is 3. The number of ether oxygens (including phenoxy) is 3. The number of hydrogen-bond acceptors (Lipinski definition) is 6. The Morgan fingerprint density at radius 1 is 0.241 bits per heavy atom. The molecule has 0 saturated heterocycles. The minimum absolute atomic E-state index is 0.0703. The molecule has 1 unspecified atom stereocenters. The van der Waals surface area contributed by atoms with Gasteiger partial charge in [0, 0.05) is 19.3 Å². The fourth-order valence-corrected chi connectivity index (χ4v) is 11.2. The largest absolute Gasteiger partial charge is 0.462 e. The van der Waals surface area contributed by atoms with Gasteiger partial charge >= 0.3 is 17.9 Å². The van der Waals surface area contributed by atoms with E-state index in [1.165, 1.54) is 289 Å². The zero-order chi connectivity index (χ0) is 59.9. The van der Waals surface area contributed by atoms with Gasteiger partial charge in [-0.15, -0.1) is 0 Å². The van der Waals surface area contributed by atoms with Gasteiger partial charge in [-0.05, 0) is 83.5 Å². The number of esters is 3. The van der Waals surface area contributed by atoms with Gasteiger partial charge in [-0.2, -0.15) is 0 Å². The molecule has 0 aliphatic heterocycles. The summed E-state index contributed by atoms with van der Waals surface area (Å²) in [6.07, 6.45) is 91.6. The Bertz CT molecular complexity index is 1430. The molecule has 0 aromatic heterocycles. The van der Waals surface area contributed by atoms with Crippen molar-refractivity contribution in [2.45, 2.75) is 412 Å². The Morgan fingerprint density at radius 3 is 0.687 bits per heavy atom. The molecule has 0 aliphatic rings. The first-order valence-corrected chi connectivity index (χ1v) is 37.1. The van der Waals surface area contributed by atoms with E-state index in [1.54, 1.807) is 0 Å². The maximum atomic E-state index is 12.9. The first-order valence-electron chi connectivity index (χ1n) is 37.1. The maximum Gasteiger partial charge on any atom is 0.306 e. The summed E-state index contributed by atoms with van der Waals surface area (Å²) in [5.41, 5.74) is 0. The van der Waals surface area contributed by atoms with Crippen LogP contribution in [0.4, 0.5) is 0 Å². The number of unbranched alkanes of at least 4 members (excludes halogenated alkanes) is 50. The molecule has 0 aliphatic carbocycles. The van der Waals surface area contributed by atoms with Gasteiger partial charge in [-0.25, -0.2) is 0 Å². The molecule has 0 saturated carbocycles. The van der Waals surface area contributed by atoms with Crippen LogP contribution >= 0.6 is 0 Å². The Hall–Kier alpha value is -2.63. The molecular formula is C77H142O6. The minimum atomic E-state index is -0.774. The van der Waals surface area contributed by atoms with E-state index < -0.39 is 6.10 Å². The molecule has 83 heavy (non-hydrogen) atoms. The quantitative estimate of drug-likeness (QED) is 0.0261. The number of carbonyl (C=O) groups excluding carboxylic acids is 3. The summed E-state index contributed by atoms with van der Waals surface area (Å²) in [4.78, 5) is 38.4. The second-order valence-electron chi connectivity index (χ2n) is 25.2. The summed E-state index contributed by atoms with van der Waals surface area (Å²) in [5.74, 6) is -0.850. The van der Waals surface area contributed by atoms with Crippen molar-refractivity contribution in [1.82, 2.24) is 0 Å². The molecule has 486 valence electrons. The van der Waals surface area contributed by atoms with E-state index in [1.807, 2.05) is 0 Å². The van der Waals surface area contributed by atoms with E-state index in [-0.39, 0.29) is 31.1 Å². The lowest BCUT2D eigenvalue weighted by atomic mass is 10.0. The molecule has 0 radical (unpaired) electrons. The third-order valence-electron chi connectivity index (χ3n) is 16.8. The van der Waals surface area contributed by atoms with Crippen LogP contribution in [0.3, 0.4) is 0 Å². The summed E-state index contributed by atoms with van der Waals surface area (Å²) in [6.45, 7) is 6.66. The van der Waals surface area contributed by atoms with Gasteiger partial charge in [-0.1, -0.05) is 352 Å². The summed E-state index contributed by atoms with van der Waals surface area (Å²) in [7, 11) is 0. The fourth-order valence-electron chi connectivity index (χ4n) is 11.2. The second-order valence-corrected chi connectivity index (χ2v) is 25.2. The Kier molecular flexibility index (Phi) is 69.6. The summed E-state index contributed by atoms with van der Waals surface area (Å²) >= 11 is 0. The Labute approximate surface area is 518 Å². The molecule has 0 heterocycles. The smallest absolute Gasteiger partial charge is 0.306 e. The van der Waals surface area contributed by atoms with Crippen molar-refractivity contribution < 1.29 is 28.6 Å². The van der Waals surface area contributed by atoms with Crippen molar-refractivity contribution in [1.29, 1.82) is 0 Å². The van der Waals surface area contributed by atoms with Crippen molar-refractivity contribution in [2.75, 3.05) is 13.2 Å². The molecule has 0 amide bonds. The van der Waals surface area contributed by atoms with Crippen molar-refractivity contribution in [3.63, 3.8) is 0 Å². The molecule has 0 aromatic carbocycles. The van der Waals surface area contributed by atoms with Crippen LogP contribution in [-0.2, 0) is 28.6 Å². The van der Waals surface area contributed by atoms with Gasteiger partial charge < -0.3 is 14.2 Å². The first-order chi connectivity index (χ1) is 41.0. The third-order valence-corrected chi connectivity index (χ3v) is 16.8. The standard InChI is InChI=1S/C77H142O6/c1-4-7-10-13-16-19-22-25-27-29-30-31-32-33-34-35-36-37-38-39-40-41-42-43-44-45-46-48-49-52-55-58-61-64-67-70-76(79)82-73-74(72-81-75(78)69-66-63-60-57-54-51-24-21-18-15-12-9-6-3)83-77(80)71-68-65-62-59-56-53-50-47-28-26-23-20-17-14-11-8-5-2/h17,20,22,25-26,28-30,74H,4-16,18-19,21,23-24,27,31-73H2,1-3H3/b20-17-,25-22-,28-26-,30-29-. The predicted octanol–water partition coefficient (Wildman–Crippen LogP) is 25.7. The van der Waals surface area contributed by atoms with Crippen LogP contribution in [0.15, 0.2) is 48.6 Å². The van der Waals surface area contributed by atoms with Crippen molar-refractivity contribution in [3.8, 4) is 0 Å². The first kappa shape index (κ1) is 80.4. The Morgan fingerprint density at radius 2 is 0.434 bits per heavy atom. The number of rotatable bonds is 69. The van der Waals surface area contributed by atoms with Crippen LogP contribution in [0.1, 0.15) is 406 Å². The molecule has 6 heteroatoms. The highest BCUT2D eigenvalue weighted by Gasteiger charge is 2.19. The average molecular weight is 1160 g/mol. The van der Waals surface area contributed by atoms with Gasteiger partial charge in [0.1, 0.15) is 13.2 Å². The third kappa shape index (κ3) is 70.0. The topological polar surface area (TPSA) is 78.9 Å². The van der Waals surface area contributed by atoms with Crippen molar-refractivity contribution in [3.05, 3.63) is 48.6 Å². The lowest BCUT2D eigenvalue weighted by Gasteiger charge is -2.18. The monoisotopic (exact) mass is 1160 g/mol. The van der Waals surface area contributed by atoms with E-state index in [0.29, 0.717) is 19.3 Å². The van der Waals surface area contributed by atoms with Crippen LogP contribution in [0.2, 0.25) is 0 Å². The summed E-state index contributed by atoms with van der Waals surface area (Å²) < 4.78 is 17.0. The molecule has 6 nitrogen and oxygen atoms in total.